The van der Waals surface area contributed by atoms with Crippen LogP contribution >= 0.6 is 0 Å². The first-order valence-corrected chi connectivity index (χ1v) is 6.88. The number of aliphatic hydroxyl groups excluding tert-OH is 1. The zero-order valence-electron chi connectivity index (χ0n) is 11.9. The van der Waals surface area contributed by atoms with Crippen molar-refractivity contribution in [1.29, 1.82) is 0 Å². The molecule has 1 aromatic heterocycles. The maximum atomic E-state index is 10.3. The molecule has 0 aliphatic carbocycles. The summed E-state index contributed by atoms with van der Waals surface area (Å²) >= 11 is 0. The Morgan fingerprint density at radius 2 is 2.10 bits per heavy atom. The minimum atomic E-state index is -0.576. The molecule has 0 bridgehead atoms. The summed E-state index contributed by atoms with van der Waals surface area (Å²) in [7, 11) is 1.96. The molecule has 3 rings (SSSR count). The molecule has 1 atom stereocenters. The number of benzene rings is 1. The Morgan fingerprint density at radius 1 is 1.24 bits per heavy atom. The number of fused-ring (bicyclic) bond motifs is 1. The van der Waals surface area contributed by atoms with E-state index in [1.54, 1.807) is 6.20 Å². The maximum Gasteiger partial charge on any atom is 0.231 e. The molecule has 1 N–H and O–H groups in total. The highest BCUT2D eigenvalue weighted by Crippen LogP contribution is 2.34. The van der Waals surface area contributed by atoms with Crippen molar-refractivity contribution in [1.82, 2.24) is 9.88 Å². The first-order chi connectivity index (χ1) is 10.2. The molecule has 0 spiro atoms. The lowest BCUT2D eigenvalue weighted by Gasteiger charge is -2.20. The summed E-state index contributed by atoms with van der Waals surface area (Å²) in [5, 5.41) is 10.3. The van der Waals surface area contributed by atoms with Gasteiger partial charge in [0.15, 0.2) is 11.5 Å². The number of hydrogen-bond donors (Lipinski definition) is 1. The van der Waals surface area contributed by atoms with Gasteiger partial charge < -0.3 is 14.6 Å². The molecule has 21 heavy (non-hydrogen) atoms. The standard InChI is InChI=1S/C16H18N2O3/c1-18(9-13-4-2-3-7-17-13)10-14(19)12-5-6-15-16(8-12)21-11-20-15/h2-8,14,19H,9-11H2,1H3. The third-order valence-corrected chi connectivity index (χ3v) is 3.42. The van der Waals surface area contributed by atoms with E-state index in [4.69, 9.17) is 9.47 Å². The van der Waals surface area contributed by atoms with Gasteiger partial charge in [0, 0.05) is 19.3 Å². The van der Waals surface area contributed by atoms with Crippen molar-refractivity contribution in [2.24, 2.45) is 0 Å². The number of likely N-dealkylation sites (N-methyl/N-ethyl adjacent to an activating group) is 1. The van der Waals surface area contributed by atoms with Crippen LogP contribution in [0.15, 0.2) is 42.6 Å². The Morgan fingerprint density at radius 3 is 2.90 bits per heavy atom. The van der Waals surface area contributed by atoms with E-state index < -0.39 is 6.10 Å². The highest BCUT2D eigenvalue weighted by molar-refractivity contribution is 5.45. The highest BCUT2D eigenvalue weighted by atomic mass is 16.7. The quantitative estimate of drug-likeness (QED) is 0.911. The zero-order chi connectivity index (χ0) is 14.7. The van der Waals surface area contributed by atoms with Gasteiger partial charge in [0.2, 0.25) is 6.79 Å². The molecular formula is C16H18N2O3. The normalized spacial score (nSPS) is 14.4. The molecule has 0 amide bonds. The van der Waals surface area contributed by atoms with Gasteiger partial charge in [-0.05, 0) is 36.9 Å². The number of aromatic nitrogens is 1. The summed E-state index contributed by atoms with van der Waals surface area (Å²) in [4.78, 5) is 6.33. The molecule has 1 aromatic carbocycles. The average Bonchev–Trinajstić information content (AvgIpc) is 2.95. The Balaban J connectivity index is 1.62. The Kier molecular flexibility index (Phi) is 4.03. The second-order valence-corrected chi connectivity index (χ2v) is 5.15. The monoisotopic (exact) mass is 286 g/mol. The van der Waals surface area contributed by atoms with Crippen LogP contribution in [-0.2, 0) is 6.54 Å². The van der Waals surface area contributed by atoms with Crippen LogP contribution in [0.2, 0.25) is 0 Å². The molecule has 2 aromatic rings. The van der Waals surface area contributed by atoms with Crippen molar-refractivity contribution in [3.63, 3.8) is 0 Å². The van der Waals surface area contributed by atoms with Gasteiger partial charge in [0.1, 0.15) is 0 Å². The number of aliphatic hydroxyl groups is 1. The summed E-state index contributed by atoms with van der Waals surface area (Å²) in [5.74, 6) is 1.42. The highest BCUT2D eigenvalue weighted by Gasteiger charge is 2.17. The van der Waals surface area contributed by atoms with Crippen molar-refractivity contribution in [2.45, 2.75) is 12.6 Å². The molecule has 110 valence electrons. The van der Waals surface area contributed by atoms with Gasteiger partial charge in [0.25, 0.3) is 0 Å². The smallest absolute Gasteiger partial charge is 0.231 e. The summed E-state index contributed by atoms with van der Waals surface area (Å²) in [5.41, 5.74) is 1.81. The van der Waals surface area contributed by atoms with Crippen LogP contribution in [0.1, 0.15) is 17.4 Å². The van der Waals surface area contributed by atoms with Gasteiger partial charge in [-0.3, -0.25) is 9.88 Å². The fourth-order valence-electron chi connectivity index (χ4n) is 2.35. The largest absolute Gasteiger partial charge is 0.454 e. The SMILES string of the molecule is CN(Cc1ccccn1)CC(O)c1ccc2c(c1)OCO2. The van der Waals surface area contributed by atoms with Crippen molar-refractivity contribution >= 4 is 0 Å². The number of pyridine rings is 1. The number of hydrogen-bond acceptors (Lipinski definition) is 5. The third kappa shape index (κ3) is 3.32. The van der Waals surface area contributed by atoms with E-state index in [9.17, 15) is 5.11 Å². The predicted octanol–water partition coefficient (Wildman–Crippen LogP) is 1.98. The van der Waals surface area contributed by atoms with Gasteiger partial charge in [-0.25, -0.2) is 0 Å². The van der Waals surface area contributed by atoms with Gasteiger partial charge in [-0.2, -0.15) is 0 Å². The fraction of sp³-hybridized carbons (Fsp3) is 0.312. The summed E-state index contributed by atoms with van der Waals surface area (Å²) in [6.07, 6.45) is 1.20. The van der Waals surface area contributed by atoms with E-state index in [-0.39, 0.29) is 6.79 Å². The van der Waals surface area contributed by atoms with Crippen LogP contribution in [0.25, 0.3) is 0 Å². The van der Waals surface area contributed by atoms with Crippen LogP contribution < -0.4 is 9.47 Å². The van der Waals surface area contributed by atoms with E-state index in [1.165, 1.54) is 0 Å². The fourth-order valence-corrected chi connectivity index (χ4v) is 2.35. The van der Waals surface area contributed by atoms with Gasteiger partial charge >= 0.3 is 0 Å². The molecule has 1 unspecified atom stereocenters. The molecule has 1 aliphatic rings. The molecule has 5 heteroatoms. The third-order valence-electron chi connectivity index (χ3n) is 3.42. The molecule has 0 fully saturated rings. The zero-order valence-corrected chi connectivity index (χ0v) is 11.9. The van der Waals surface area contributed by atoms with E-state index in [2.05, 4.69) is 4.98 Å². The van der Waals surface area contributed by atoms with Crippen LogP contribution in [0.3, 0.4) is 0 Å². The number of nitrogens with zero attached hydrogens (tertiary/aromatic N) is 2. The molecule has 0 saturated carbocycles. The topological polar surface area (TPSA) is 54.8 Å². The van der Waals surface area contributed by atoms with Crippen molar-refractivity contribution in [2.75, 3.05) is 20.4 Å². The first-order valence-electron chi connectivity index (χ1n) is 6.88. The number of rotatable bonds is 5. The molecule has 2 heterocycles. The average molecular weight is 286 g/mol. The van der Waals surface area contributed by atoms with Gasteiger partial charge in [0.05, 0.1) is 11.8 Å². The number of ether oxygens (including phenoxy) is 2. The molecule has 0 radical (unpaired) electrons. The van der Waals surface area contributed by atoms with Crippen LogP contribution in [0.5, 0.6) is 11.5 Å². The van der Waals surface area contributed by atoms with Gasteiger partial charge in [-0.15, -0.1) is 0 Å². The Bertz CT molecular complexity index is 604. The van der Waals surface area contributed by atoms with Crippen LogP contribution in [0.4, 0.5) is 0 Å². The van der Waals surface area contributed by atoms with Crippen molar-refractivity contribution in [3.8, 4) is 11.5 Å². The summed E-state index contributed by atoms with van der Waals surface area (Å²) < 4.78 is 10.6. The van der Waals surface area contributed by atoms with Crippen LogP contribution in [-0.4, -0.2) is 35.4 Å². The predicted molar refractivity (Wildman–Crippen MR) is 78.1 cm³/mol. The molecule has 0 saturated heterocycles. The molecule has 1 aliphatic heterocycles. The summed E-state index contributed by atoms with van der Waals surface area (Å²) in [6.45, 7) is 1.47. The van der Waals surface area contributed by atoms with Crippen molar-refractivity contribution in [3.05, 3.63) is 53.9 Å². The molecule has 5 nitrogen and oxygen atoms in total. The lowest BCUT2D eigenvalue weighted by molar-refractivity contribution is 0.123. The van der Waals surface area contributed by atoms with Crippen molar-refractivity contribution < 1.29 is 14.6 Å². The van der Waals surface area contributed by atoms with Crippen LogP contribution in [0, 0.1) is 0 Å². The lowest BCUT2D eigenvalue weighted by Crippen LogP contribution is -2.24. The second-order valence-electron chi connectivity index (χ2n) is 5.15. The van der Waals surface area contributed by atoms with E-state index >= 15 is 0 Å². The Labute approximate surface area is 123 Å². The van der Waals surface area contributed by atoms with Gasteiger partial charge in [-0.1, -0.05) is 12.1 Å². The minimum absolute atomic E-state index is 0.245. The lowest BCUT2D eigenvalue weighted by atomic mass is 10.1. The van der Waals surface area contributed by atoms with E-state index in [0.717, 1.165) is 17.0 Å². The summed E-state index contributed by atoms with van der Waals surface area (Å²) in [6, 6.07) is 11.4. The minimum Gasteiger partial charge on any atom is -0.454 e. The van der Waals surface area contributed by atoms with E-state index in [1.807, 2.05) is 48.3 Å². The maximum absolute atomic E-state index is 10.3. The molecular weight excluding hydrogens is 268 g/mol. The first kappa shape index (κ1) is 13.9. The van der Waals surface area contributed by atoms with E-state index in [0.29, 0.717) is 18.8 Å². The Hall–Kier alpha value is -2.11. The second kappa shape index (κ2) is 6.11.